The number of methoxy groups -OCH3 is 2. The van der Waals surface area contributed by atoms with E-state index < -0.39 is 28.5 Å². The summed E-state index contributed by atoms with van der Waals surface area (Å²) in [6.45, 7) is 3.64. The smallest absolute Gasteiger partial charge is 0.493 e. The molecule has 0 spiro atoms. The fourth-order valence-electron chi connectivity index (χ4n) is 2.55. The van der Waals surface area contributed by atoms with Gasteiger partial charge >= 0.3 is 12.1 Å². The molecule has 2 atom stereocenters. The van der Waals surface area contributed by atoms with E-state index in [0.29, 0.717) is 11.3 Å². The van der Waals surface area contributed by atoms with Gasteiger partial charge in [-0.3, -0.25) is 5.32 Å². The van der Waals surface area contributed by atoms with Crippen molar-refractivity contribution in [1.82, 2.24) is 5.32 Å². The summed E-state index contributed by atoms with van der Waals surface area (Å²) < 4.78 is 14.6. The molecule has 132 valence electrons. The minimum absolute atomic E-state index is 0.0337. The number of ether oxygens (including phenoxy) is 3. The van der Waals surface area contributed by atoms with Gasteiger partial charge in [-0.05, 0) is 25.5 Å². The molecule has 1 heterocycles. The van der Waals surface area contributed by atoms with Crippen molar-refractivity contribution in [2.24, 2.45) is 0 Å². The van der Waals surface area contributed by atoms with Crippen LogP contribution in [0.25, 0.3) is 0 Å². The molecule has 2 rings (SSSR count). The van der Waals surface area contributed by atoms with E-state index in [1.54, 1.807) is 12.1 Å². The molecule has 9 heteroatoms. The highest BCUT2D eigenvalue weighted by Gasteiger charge is 2.45. The first kappa shape index (κ1) is 18.2. The molecule has 0 saturated carbocycles. The normalized spacial score (nSPS) is 22.0. The van der Waals surface area contributed by atoms with Gasteiger partial charge in [0.2, 0.25) is 0 Å². The van der Waals surface area contributed by atoms with Crippen molar-refractivity contribution < 1.29 is 34.0 Å². The molecule has 1 aliphatic rings. The van der Waals surface area contributed by atoms with Crippen molar-refractivity contribution in [3.05, 3.63) is 23.3 Å². The highest BCUT2D eigenvalue weighted by molar-refractivity contribution is 8.01. The molecule has 24 heavy (non-hydrogen) atoms. The first-order valence-corrected chi connectivity index (χ1v) is 7.90. The number of rotatable bonds is 5. The number of carboxylic acids is 1. The van der Waals surface area contributed by atoms with E-state index in [1.165, 1.54) is 26.0 Å². The zero-order valence-electron chi connectivity index (χ0n) is 13.7. The highest BCUT2D eigenvalue weighted by Crippen LogP contribution is 2.48. The van der Waals surface area contributed by atoms with Crippen LogP contribution < -0.4 is 14.8 Å². The van der Waals surface area contributed by atoms with Gasteiger partial charge < -0.3 is 24.4 Å². The quantitative estimate of drug-likeness (QED) is 0.684. The summed E-state index contributed by atoms with van der Waals surface area (Å²) in [5, 5.41) is 21.0. The second kappa shape index (κ2) is 6.78. The molecule has 1 aliphatic heterocycles. The molecule has 0 amide bonds. The van der Waals surface area contributed by atoms with Gasteiger partial charge in [-0.15, -0.1) is 11.8 Å². The Kier molecular flexibility index (Phi) is 5.14. The standard InChI is InChI=1S/C15H19NO7S/c1-15(2)13(23-14(19)20)16-11(24-15)7-5-6-8(21-3)10(22-4)9(7)12(17)18/h5-6,11,13,16H,1-4H3,(H,17,18)(H,19,20)/t11?,13-/m0/s1. The van der Waals surface area contributed by atoms with E-state index in [2.05, 4.69) is 5.32 Å². The Bertz CT molecular complexity index is 661. The van der Waals surface area contributed by atoms with Crippen molar-refractivity contribution in [2.45, 2.75) is 30.2 Å². The molecular formula is C15H19NO7S. The number of thioether (sulfide) groups is 1. The maximum atomic E-state index is 11.7. The van der Waals surface area contributed by atoms with Crippen LogP contribution in [0.4, 0.5) is 4.79 Å². The molecule has 0 radical (unpaired) electrons. The third-order valence-corrected chi connectivity index (χ3v) is 5.10. The molecule has 1 saturated heterocycles. The Labute approximate surface area is 143 Å². The molecule has 8 nitrogen and oxygen atoms in total. The molecule has 0 aromatic heterocycles. The van der Waals surface area contributed by atoms with Crippen LogP contribution >= 0.6 is 11.8 Å². The lowest BCUT2D eigenvalue weighted by Gasteiger charge is -2.23. The van der Waals surface area contributed by atoms with Gasteiger partial charge in [-0.2, -0.15) is 0 Å². The SMILES string of the molecule is COc1ccc(C2N[C@@H](OC(=O)O)C(C)(C)S2)c(C(=O)O)c1OC. The molecule has 1 fully saturated rings. The predicted molar refractivity (Wildman–Crippen MR) is 86.9 cm³/mol. The van der Waals surface area contributed by atoms with Crippen molar-refractivity contribution >= 4 is 23.9 Å². The fraction of sp³-hybridized carbons (Fsp3) is 0.467. The van der Waals surface area contributed by atoms with E-state index in [-0.39, 0.29) is 11.3 Å². The molecule has 1 unspecified atom stereocenters. The second-order valence-corrected chi connectivity index (χ2v) is 7.36. The van der Waals surface area contributed by atoms with Gasteiger partial charge in [0, 0.05) is 0 Å². The van der Waals surface area contributed by atoms with Gasteiger partial charge in [0.1, 0.15) is 5.56 Å². The second-order valence-electron chi connectivity index (χ2n) is 5.60. The molecule has 0 bridgehead atoms. The number of carboxylic acid groups (broad SMARTS) is 2. The summed E-state index contributed by atoms with van der Waals surface area (Å²) in [6.07, 6.45) is -2.17. The van der Waals surface area contributed by atoms with Gasteiger partial charge in [0.05, 0.1) is 24.3 Å². The van der Waals surface area contributed by atoms with Crippen LogP contribution in [0.5, 0.6) is 11.5 Å². The number of hydrogen-bond acceptors (Lipinski definition) is 7. The minimum Gasteiger partial charge on any atom is -0.493 e. The summed E-state index contributed by atoms with van der Waals surface area (Å²) in [4.78, 5) is 22.6. The number of hydrogen-bond donors (Lipinski definition) is 3. The van der Waals surface area contributed by atoms with Crippen LogP contribution in [0.15, 0.2) is 12.1 Å². The number of aromatic carboxylic acids is 1. The maximum absolute atomic E-state index is 11.7. The van der Waals surface area contributed by atoms with E-state index >= 15 is 0 Å². The first-order valence-electron chi connectivity index (χ1n) is 7.03. The summed E-state index contributed by atoms with van der Waals surface area (Å²) in [7, 11) is 2.79. The van der Waals surface area contributed by atoms with E-state index in [1.807, 2.05) is 13.8 Å². The average Bonchev–Trinajstić information content (AvgIpc) is 2.79. The van der Waals surface area contributed by atoms with Crippen LogP contribution in [-0.2, 0) is 4.74 Å². The monoisotopic (exact) mass is 357 g/mol. The van der Waals surface area contributed by atoms with Gasteiger partial charge in [-0.25, -0.2) is 9.59 Å². The van der Waals surface area contributed by atoms with E-state index in [0.717, 1.165) is 0 Å². The van der Waals surface area contributed by atoms with Gasteiger partial charge in [-0.1, -0.05) is 6.07 Å². The zero-order chi connectivity index (χ0) is 18.1. The average molecular weight is 357 g/mol. The summed E-state index contributed by atoms with van der Waals surface area (Å²) >= 11 is 1.38. The van der Waals surface area contributed by atoms with Crippen LogP contribution in [0.2, 0.25) is 0 Å². The maximum Gasteiger partial charge on any atom is 0.507 e. The number of carbonyl (C=O) groups is 2. The van der Waals surface area contributed by atoms with Crippen molar-refractivity contribution in [1.29, 1.82) is 0 Å². The lowest BCUT2D eigenvalue weighted by Crippen LogP contribution is -2.40. The Balaban J connectivity index is 2.46. The van der Waals surface area contributed by atoms with E-state index in [4.69, 9.17) is 19.3 Å². The Hall–Kier alpha value is -2.13. The molecule has 0 aliphatic carbocycles. The van der Waals surface area contributed by atoms with Crippen molar-refractivity contribution in [2.75, 3.05) is 14.2 Å². The van der Waals surface area contributed by atoms with Gasteiger partial charge in [0.15, 0.2) is 17.7 Å². The highest BCUT2D eigenvalue weighted by atomic mass is 32.2. The molecular weight excluding hydrogens is 338 g/mol. The zero-order valence-corrected chi connectivity index (χ0v) is 14.5. The van der Waals surface area contributed by atoms with Crippen LogP contribution in [-0.4, -0.2) is 47.5 Å². The van der Waals surface area contributed by atoms with Crippen LogP contribution in [0, 0.1) is 0 Å². The van der Waals surface area contributed by atoms with Crippen LogP contribution in [0.1, 0.15) is 35.1 Å². The van der Waals surface area contributed by atoms with Crippen LogP contribution in [0.3, 0.4) is 0 Å². The largest absolute Gasteiger partial charge is 0.507 e. The van der Waals surface area contributed by atoms with Gasteiger partial charge in [0.25, 0.3) is 0 Å². The molecule has 3 N–H and O–H groups in total. The molecule has 1 aromatic carbocycles. The first-order chi connectivity index (χ1) is 11.2. The third-order valence-electron chi connectivity index (χ3n) is 3.65. The number of nitrogens with one attached hydrogen (secondary N) is 1. The van der Waals surface area contributed by atoms with E-state index in [9.17, 15) is 14.7 Å². The Morgan fingerprint density at radius 1 is 1.21 bits per heavy atom. The lowest BCUT2D eigenvalue weighted by molar-refractivity contribution is 0.0273. The lowest BCUT2D eigenvalue weighted by atomic mass is 10.0. The topological polar surface area (TPSA) is 114 Å². The predicted octanol–water partition coefficient (Wildman–Crippen LogP) is 2.54. The van der Waals surface area contributed by atoms with Crippen molar-refractivity contribution in [3.8, 4) is 11.5 Å². The number of benzene rings is 1. The summed E-state index contributed by atoms with van der Waals surface area (Å²) in [5.74, 6) is -0.742. The fourth-order valence-corrected chi connectivity index (χ4v) is 3.91. The third kappa shape index (κ3) is 3.36. The summed E-state index contributed by atoms with van der Waals surface area (Å²) in [6, 6.07) is 3.23. The Morgan fingerprint density at radius 3 is 2.38 bits per heavy atom. The van der Waals surface area contributed by atoms with Crippen molar-refractivity contribution in [3.63, 3.8) is 0 Å². The summed E-state index contributed by atoms with van der Waals surface area (Å²) in [5.41, 5.74) is 0.420. The minimum atomic E-state index is -1.40. The Morgan fingerprint density at radius 2 is 1.88 bits per heavy atom. The molecule has 1 aromatic rings.